The SMILES string of the molecule is C=C(C)c1ccc(N2CCC(CCCC)CC2)cc1. The highest BCUT2D eigenvalue weighted by Gasteiger charge is 2.18. The Bertz CT molecular complexity index is 396. The topological polar surface area (TPSA) is 3.24 Å². The van der Waals surface area contributed by atoms with Gasteiger partial charge in [-0.2, -0.15) is 0 Å². The maximum atomic E-state index is 3.99. The van der Waals surface area contributed by atoms with Crippen molar-refractivity contribution in [2.24, 2.45) is 5.92 Å². The molecular weight excluding hydrogens is 230 g/mol. The molecule has 0 unspecified atom stereocenters. The van der Waals surface area contributed by atoms with Gasteiger partial charge in [-0.05, 0) is 43.4 Å². The van der Waals surface area contributed by atoms with Gasteiger partial charge in [0.2, 0.25) is 0 Å². The number of benzene rings is 1. The third kappa shape index (κ3) is 3.86. The summed E-state index contributed by atoms with van der Waals surface area (Å²) in [6.07, 6.45) is 6.89. The summed E-state index contributed by atoms with van der Waals surface area (Å²) >= 11 is 0. The molecule has 0 spiro atoms. The zero-order valence-corrected chi connectivity index (χ0v) is 12.5. The molecule has 0 radical (unpaired) electrons. The van der Waals surface area contributed by atoms with Gasteiger partial charge in [0.25, 0.3) is 0 Å². The standard InChI is InChI=1S/C18H27N/c1-4-5-6-16-11-13-19(14-12-16)18-9-7-17(8-10-18)15(2)3/h7-10,16H,2,4-6,11-14H2,1,3H3. The summed E-state index contributed by atoms with van der Waals surface area (Å²) in [5, 5.41) is 0. The minimum absolute atomic E-state index is 0.964. The van der Waals surface area contributed by atoms with Crippen LogP contribution in [0.15, 0.2) is 30.8 Å². The molecule has 1 saturated heterocycles. The van der Waals surface area contributed by atoms with Crippen LogP contribution in [0.4, 0.5) is 5.69 Å². The van der Waals surface area contributed by atoms with Gasteiger partial charge in [-0.1, -0.05) is 50.5 Å². The lowest BCUT2D eigenvalue weighted by molar-refractivity contribution is 0.371. The zero-order chi connectivity index (χ0) is 13.7. The molecule has 19 heavy (non-hydrogen) atoms. The van der Waals surface area contributed by atoms with E-state index in [0.29, 0.717) is 0 Å². The van der Waals surface area contributed by atoms with Crippen LogP contribution in [0.25, 0.3) is 5.57 Å². The number of piperidine rings is 1. The monoisotopic (exact) mass is 257 g/mol. The molecule has 0 aliphatic carbocycles. The van der Waals surface area contributed by atoms with Crippen LogP contribution in [0.1, 0.15) is 51.5 Å². The van der Waals surface area contributed by atoms with E-state index in [2.05, 4.69) is 49.6 Å². The average molecular weight is 257 g/mol. The van der Waals surface area contributed by atoms with E-state index in [1.807, 2.05) is 0 Å². The summed E-state index contributed by atoms with van der Waals surface area (Å²) in [4.78, 5) is 2.53. The quantitative estimate of drug-likeness (QED) is 0.707. The third-order valence-electron chi connectivity index (χ3n) is 4.31. The van der Waals surface area contributed by atoms with Gasteiger partial charge in [-0.3, -0.25) is 0 Å². The van der Waals surface area contributed by atoms with Crippen LogP contribution in [-0.4, -0.2) is 13.1 Å². The third-order valence-corrected chi connectivity index (χ3v) is 4.31. The molecule has 1 aliphatic rings. The average Bonchev–Trinajstić information content (AvgIpc) is 2.46. The Labute approximate surface area is 118 Å². The van der Waals surface area contributed by atoms with E-state index >= 15 is 0 Å². The highest BCUT2D eigenvalue weighted by Crippen LogP contribution is 2.27. The first-order chi connectivity index (χ1) is 9.20. The van der Waals surface area contributed by atoms with Gasteiger partial charge in [-0.25, -0.2) is 0 Å². The minimum Gasteiger partial charge on any atom is -0.372 e. The normalized spacial score (nSPS) is 16.6. The second kappa shape index (κ2) is 6.79. The van der Waals surface area contributed by atoms with Crippen molar-refractivity contribution >= 4 is 11.3 Å². The Morgan fingerprint density at radius 1 is 1.21 bits per heavy atom. The van der Waals surface area contributed by atoms with Gasteiger partial charge in [-0.15, -0.1) is 0 Å². The van der Waals surface area contributed by atoms with E-state index in [4.69, 9.17) is 0 Å². The lowest BCUT2D eigenvalue weighted by Gasteiger charge is -2.33. The Hall–Kier alpha value is -1.24. The van der Waals surface area contributed by atoms with Crippen LogP contribution in [-0.2, 0) is 0 Å². The molecule has 1 aliphatic heterocycles. The summed E-state index contributed by atoms with van der Waals surface area (Å²) in [7, 11) is 0. The van der Waals surface area contributed by atoms with Crippen LogP contribution in [0.2, 0.25) is 0 Å². The van der Waals surface area contributed by atoms with E-state index in [0.717, 1.165) is 11.5 Å². The number of nitrogens with zero attached hydrogens (tertiary/aromatic N) is 1. The molecule has 0 aromatic heterocycles. The molecule has 2 rings (SSSR count). The Morgan fingerprint density at radius 2 is 1.84 bits per heavy atom. The van der Waals surface area contributed by atoms with E-state index in [9.17, 15) is 0 Å². The first-order valence-electron chi connectivity index (χ1n) is 7.71. The minimum atomic E-state index is 0.964. The lowest BCUT2D eigenvalue weighted by atomic mass is 9.91. The molecule has 1 heteroatoms. The number of rotatable bonds is 5. The number of anilines is 1. The number of unbranched alkanes of at least 4 members (excludes halogenated alkanes) is 1. The fraction of sp³-hybridized carbons (Fsp3) is 0.556. The molecule has 1 aromatic rings. The van der Waals surface area contributed by atoms with Crippen molar-refractivity contribution in [3.05, 3.63) is 36.4 Å². The molecular formula is C18H27N. The Morgan fingerprint density at radius 3 is 2.37 bits per heavy atom. The van der Waals surface area contributed by atoms with Gasteiger partial charge in [0, 0.05) is 18.8 Å². The molecule has 1 aromatic carbocycles. The fourth-order valence-corrected chi connectivity index (χ4v) is 2.93. The summed E-state index contributed by atoms with van der Waals surface area (Å²) in [5.41, 5.74) is 3.77. The predicted octanol–water partition coefficient (Wildman–Crippen LogP) is 5.13. The van der Waals surface area contributed by atoms with Crippen LogP contribution in [0.3, 0.4) is 0 Å². The maximum absolute atomic E-state index is 3.99. The largest absolute Gasteiger partial charge is 0.372 e. The second-order valence-electron chi connectivity index (χ2n) is 5.90. The van der Waals surface area contributed by atoms with Crippen molar-refractivity contribution in [1.82, 2.24) is 0 Å². The maximum Gasteiger partial charge on any atom is 0.0366 e. The van der Waals surface area contributed by atoms with Crippen LogP contribution in [0.5, 0.6) is 0 Å². The smallest absolute Gasteiger partial charge is 0.0366 e. The van der Waals surface area contributed by atoms with Gasteiger partial charge < -0.3 is 4.90 Å². The van der Waals surface area contributed by atoms with Gasteiger partial charge >= 0.3 is 0 Å². The molecule has 1 fully saturated rings. The van der Waals surface area contributed by atoms with Crippen molar-refractivity contribution in [2.75, 3.05) is 18.0 Å². The molecule has 0 saturated carbocycles. The second-order valence-corrected chi connectivity index (χ2v) is 5.90. The Kier molecular flexibility index (Phi) is 5.07. The fourth-order valence-electron chi connectivity index (χ4n) is 2.93. The molecule has 0 atom stereocenters. The van der Waals surface area contributed by atoms with Crippen molar-refractivity contribution in [1.29, 1.82) is 0 Å². The predicted molar refractivity (Wildman–Crippen MR) is 85.6 cm³/mol. The van der Waals surface area contributed by atoms with E-state index in [1.165, 1.54) is 56.4 Å². The molecule has 1 nitrogen and oxygen atoms in total. The highest BCUT2D eigenvalue weighted by atomic mass is 15.1. The van der Waals surface area contributed by atoms with E-state index in [-0.39, 0.29) is 0 Å². The number of hydrogen-bond donors (Lipinski definition) is 0. The zero-order valence-electron chi connectivity index (χ0n) is 12.5. The lowest BCUT2D eigenvalue weighted by Crippen LogP contribution is -2.33. The molecule has 0 N–H and O–H groups in total. The number of allylic oxidation sites excluding steroid dienone is 1. The van der Waals surface area contributed by atoms with Crippen molar-refractivity contribution < 1.29 is 0 Å². The van der Waals surface area contributed by atoms with Crippen LogP contribution in [0, 0.1) is 5.92 Å². The molecule has 0 amide bonds. The van der Waals surface area contributed by atoms with E-state index in [1.54, 1.807) is 0 Å². The van der Waals surface area contributed by atoms with E-state index < -0.39 is 0 Å². The first kappa shape index (κ1) is 14.2. The Balaban J connectivity index is 1.88. The van der Waals surface area contributed by atoms with Gasteiger partial charge in [0.1, 0.15) is 0 Å². The summed E-state index contributed by atoms with van der Waals surface area (Å²) in [6.45, 7) is 10.8. The molecule has 104 valence electrons. The molecule has 1 heterocycles. The van der Waals surface area contributed by atoms with Gasteiger partial charge in [0.05, 0.1) is 0 Å². The van der Waals surface area contributed by atoms with Crippen LogP contribution >= 0.6 is 0 Å². The first-order valence-corrected chi connectivity index (χ1v) is 7.71. The highest BCUT2D eigenvalue weighted by molar-refractivity contribution is 5.64. The van der Waals surface area contributed by atoms with Crippen LogP contribution < -0.4 is 4.90 Å². The summed E-state index contributed by atoms with van der Waals surface area (Å²) in [6, 6.07) is 8.88. The van der Waals surface area contributed by atoms with Crippen molar-refractivity contribution in [3.8, 4) is 0 Å². The van der Waals surface area contributed by atoms with Crippen molar-refractivity contribution in [3.63, 3.8) is 0 Å². The van der Waals surface area contributed by atoms with Crippen molar-refractivity contribution in [2.45, 2.75) is 46.0 Å². The summed E-state index contributed by atoms with van der Waals surface area (Å²) in [5.74, 6) is 0.964. The molecule has 0 bridgehead atoms. The summed E-state index contributed by atoms with van der Waals surface area (Å²) < 4.78 is 0. The number of hydrogen-bond acceptors (Lipinski definition) is 1. The van der Waals surface area contributed by atoms with Gasteiger partial charge in [0.15, 0.2) is 0 Å².